The van der Waals surface area contributed by atoms with Crippen molar-refractivity contribution in [2.24, 2.45) is 0 Å². The third-order valence-electron chi connectivity index (χ3n) is 3.05. The minimum atomic E-state index is -0.407. The average Bonchev–Trinajstić information content (AvgIpc) is 2.55. The van der Waals surface area contributed by atoms with Crippen LogP contribution >= 0.6 is 11.6 Å². The van der Waals surface area contributed by atoms with E-state index in [1.54, 1.807) is 48.5 Å². The number of hydrogen-bond acceptors (Lipinski definition) is 3. The van der Waals surface area contributed by atoms with E-state index in [0.717, 1.165) is 5.56 Å². The lowest BCUT2D eigenvalue weighted by Crippen LogP contribution is -2.33. The Morgan fingerprint density at radius 3 is 2.43 bits per heavy atom. The van der Waals surface area contributed by atoms with Gasteiger partial charge in [0.15, 0.2) is 0 Å². The number of hydrogen-bond donors (Lipinski definition) is 2. The number of halogens is 1. The number of nitrogens with one attached hydrogen (secondary N) is 2. The summed E-state index contributed by atoms with van der Waals surface area (Å²) >= 11 is 5.92. The zero-order chi connectivity index (χ0) is 16.7. The molecule has 23 heavy (non-hydrogen) atoms. The molecule has 2 aromatic rings. The molecule has 6 heteroatoms. The Morgan fingerprint density at radius 2 is 1.78 bits per heavy atom. The monoisotopic (exact) mass is 327 g/mol. The number of nitrogens with zero attached hydrogens (tertiary/aromatic N) is 1. The largest absolute Gasteiger partial charge is 0.343 e. The van der Waals surface area contributed by atoms with Gasteiger partial charge in [0.25, 0.3) is 5.91 Å². The van der Waals surface area contributed by atoms with E-state index in [1.807, 2.05) is 0 Å². The summed E-state index contributed by atoms with van der Waals surface area (Å²) in [7, 11) is 0. The molecule has 0 unspecified atom stereocenters. The van der Waals surface area contributed by atoms with Gasteiger partial charge in [-0.1, -0.05) is 35.9 Å². The third-order valence-corrected chi connectivity index (χ3v) is 3.38. The maximum Gasteiger partial charge on any atom is 0.253 e. The number of rotatable bonds is 5. The van der Waals surface area contributed by atoms with Gasteiger partial charge in [-0.15, -0.1) is 0 Å². The molecule has 0 spiro atoms. The maximum absolute atomic E-state index is 11.9. The van der Waals surface area contributed by atoms with Crippen LogP contribution in [-0.4, -0.2) is 18.4 Å². The third kappa shape index (κ3) is 4.83. The summed E-state index contributed by atoms with van der Waals surface area (Å²) < 4.78 is 0. The fourth-order valence-corrected chi connectivity index (χ4v) is 2.13. The zero-order valence-electron chi connectivity index (χ0n) is 12.2. The summed E-state index contributed by atoms with van der Waals surface area (Å²) in [6, 6.07) is 15.6. The molecule has 2 N–H and O–H groups in total. The SMILES string of the molecule is N#CCc1ccc(NC(=O)CNC(=O)c2ccccc2Cl)cc1. The van der Waals surface area contributed by atoms with Crippen LogP contribution in [0, 0.1) is 11.3 Å². The van der Waals surface area contributed by atoms with Crippen molar-refractivity contribution >= 4 is 29.1 Å². The van der Waals surface area contributed by atoms with Crippen LogP contribution in [-0.2, 0) is 11.2 Å². The van der Waals surface area contributed by atoms with Crippen molar-refractivity contribution in [3.8, 4) is 6.07 Å². The van der Waals surface area contributed by atoms with Crippen molar-refractivity contribution in [2.45, 2.75) is 6.42 Å². The molecular weight excluding hydrogens is 314 g/mol. The van der Waals surface area contributed by atoms with E-state index in [1.165, 1.54) is 0 Å². The maximum atomic E-state index is 11.9. The van der Waals surface area contributed by atoms with Crippen LogP contribution in [0.4, 0.5) is 5.69 Å². The van der Waals surface area contributed by atoms with E-state index in [4.69, 9.17) is 16.9 Å². The molecule has 2 amide bonds. The molecular formula is C17H14ClN3O2. The fraction of sp³-hybridized carbons (Fsp3) is 0.118. The van der Waals surface area contributed by atoms with Crippen LogP contribution in [0.25, 0.3) is 0 Å². The van der Waals surface area contributed by atoms with Crippen molar-refractivity contribution in [2.75, 3.05) is 11.9 Å². The van der Waals surface area contributed by atoms with Gasteiger partial charge in [0, 0.05) is 5.69 Å². The second-order valence-corrected chi connectivity index (χ2v) is 5.15. The summed E-state index contributed by atoms with van der Waals surface area (Å²) in [4.78, 5) is 23.8. The summed E-state index contributed by atoms with van der Waals surface area (Å²) in [5, 5.41) is 14.1. The Hall–Kier alpha value is -2.84. The molecule has 0 fully saturated rings. The van der Waals surface area contributed by atoms with Crippen molar-refractivity contribution < 1.29 is 9.59 Å². The van der Waals surface area contributed by atoms with Crippen molar-refractivity contribution in [3.63, 3.8) is 0 Å². The Morgan fingerprint density at radius 1 is 1.09 bits per heavy atom. The van der Waals surface area contributed by atoms with Crippen LogP contribution in [0.3, 0.4) is 0 Å². The predicted octanol–water partition coefficient (Wildman–Crippen LogP) is 2.77. The quantitative estimate of drug-likeness (QED) is 0.886. The molecule has 0 saturated carbocycles. The number of amides is 2. The first-order valence-electron chi connectivity index (χ1n) is 6.88. The van der Waals surface area contributed by atoms with Gasteiger partial charge >= 0.3 is 0 Å². The first-order valence-corrected chi connectivity index (χ1v) is 7.26. The molecule has 0 radical (unpaired) electrons. The van der Waals surface area contributed by atoms with Gasteiger partial charge in [-0.2, -0.15) is 5.26 Å². The van der Waals surface area contributed by atoms with Crippen LogP contribution in [0.1, 0.15) is 15.9 Å². The normalized spacial score (nSPS) is 9.74. The van der Waals surface area contributed by atoms with E-state index in [2.05, 4.69) is 16.7 Å². The van der Waals surface area contributed by atoms with Crippen LogP contribution in [0.2, 0.25) is 5.02 Å². The van der Waals surface area contributed by atoms with Crippen LogP contribution in [0.15, 0.2) is 48.5 Å². The summed E-state index contributed by atoms with van der Waals surface area (Å²) in [5.74, 6) is -0.756. The zero-order valence-corrected chi connectivity index (χ0v) is 12.9. The summed E-state index contributed by atoms with van der Waals surface area (Å²) in [6.45, 7) is -0.163. The molecule has 0 aliphatic heterocycles. The Balaban J connectivity index is 1.87. The molecule has 0 aliphatic rings. The lowest BCUT2D eigenvalue weighted by molar-refractivity contribution is -0.115. The first-order chi connectivity index (χ1) is 11.1. The molecule has 116 valence electrons. The number of nitriles is 1. The topological polar surface area (TPSA) is 82.0 Å². The average molecular weight is 328 g/mol. The number of benzene rings is 2. The lowest BCUT2D eigenvalue weighted by Gasteiger charge is -2.08. The second-order valence-electron chi connectivity index (χ2n) is 4.74. The first kappa shape index (κ1) is 16.5. The molecule has 0 atom stereocenters. The molecule has 0 aliphatic carbocycles. The summed E-state index contributed by atoms with van der Waals surface area (Å²) in [5.41, 5.74) is 1.80. The van der Waals surface area contributed by atoms with Gasteiger partial charge in [0.2, 0.25) is 5.91 Å². The Labute approximate surface area is 138 Å². The van der Waals surface area contributed by atoms with Gasteiger partial charge in [0.1, 0.15) is 0 Å². The highest BCUT2D eigenvalue weighted by atomic mass is 35.5. The van der Waals surface area contributed by atoms with Crippen LogP contribution < -0.4 is 10.6 Å². The molecule has 0 bridgehead atoms. The minimum absolute atomic E-state index is 0.163. The highest BCUT2D eigenvalue weighted by Crippen LogP contribution is 2.14. The second kappa shape index (κ2) is 7.97. The number of carbonyl (C=O) groups excluding carboxylic acids is 2. The molecule has 2 rings (SSSR count). The van der Waals surface area contributed by atoms with E-state index in [0.29, 0.717) is 22.7 Å². The van der Waals surface area contributed by atoms with Gasteiger partial charge < -0.3 is 10.6 Å². The Kier molecular flexibility index (Phi) is 5.73. The van der Waals surface area contributed by atoms with Crippen molar-refractivity contribution in [1.82, 2.24) is 5.32 Å². The predicted molar refractivity (Wildman–Crippen MR) is 88.2 cm³/mol. The van der Waals surface area contributed by atoms with Gasteiger partial charge in [0.05, 0.1) is 29.6 Å². The van der Waals surface area contributed by atoms with Crippen molar-refractivity contribution in [1.29, 1.82) is 5.26 Å². The van der Waals surface area contributed by atoms with E-state index >= 15 is 0 Å². The van der Waals surface area contributed by atoms with Crippen molar-refractivity contribution in [3.05, 3.63) is 64.7 Å². The molecule has 0 aromatic heterocycles. The van der Waals surface area contributed by atoms with Crippen LogP contribution in [0.5, 0.6) is 0 Å². The number of carbonyl (C=O) groups is 2. The minimum Gasteiger partial charge on any atom is -0.343 e. The number of anilines is 1. The fourth-order valence-electron chi connectivity index (χ4n) is 1.90. The molecule has 5 nitrogen and oxygen atoms in total. The highest BCUT2D eigenvalue weighted by molar-refractivity contribution is 6.33. The Bertz CT molecular complexity index is 751. The molecule has 0 heterocycles. The lowest BCUT2D eigenvalue weighted by atomic mass is 10.1. The smallest absolute Gasteiger partial charge is 0.253 e. The summed E-state index contributed by atoms with van der Waals surface area (Å²) in [6.07, 6.45) is 0.322. The standard InChI is InChI=1S/C17H14ClN3O2/c18-15-4-2-1-3-14(15)17(23)20-11-16(22)21-13-7-5-12(6-8-13)9-10-19/h1-8H,9,11H2,(H,20,23)(H,21,22). The molecule has 0 saturated heterocycles. The molecule has 2 aromatic carbocycles. The van der Waals surface area contributed by atoms with E-state index in [9.17, 15) is 9.59 Å². The highest BCUT2D eigenvalue weighted by Gasteiger charge is 2.11. The van der Waals surface area contributed by atoms with E-state index < -0.39 is 5.91 Å². The van der Waals surface area contributed by atoms with Gasteiger partial charge in [-0.25, -0.2) is 0 Å². The van der Waals surface area contributed by atoms with Gasteiger partial charge in [-0.3, -0.25) is 9.59 Å². The van der Waals surface area contributed by atoms with E-state index in [-0.39, 0.29) is 12.5 Å². The van der Waals surface area contributed by atoms with Gasteiger partial charge in [-0.05, 0) is 29.8 Å².